The monoisotopic (exact) mass is 468 g/mol. The van der Waals surface area contributed by atoms with Gasteiger partial charge in [-0.05, 0) is 53.3 Å². The summed E-state index contributed by atoms with van der Waals surface area (Å²) in [6.45, 7) is -0.0688. The summed E-state index contributed by atoms with van der Waals surface area (Å²) in [5, 5.41) is 10.5. The number of hydrogen-bond acceptors (Lipinski definition) is 5. The van der Waals surface area contributed by atoms with Crippen molar-refractivity contribution in [2.45, 2.75) is 32.3 Å². The number of aryl methyl sites for hydroxylation is 1. The lowest BCUT2D eigenvalue weighted by Crippen LogP contribution is -2.29. The summed E-state index contributed by atoms with van der Waals surface area (Å²) in [5.74, 6) is -1.05. The van der Waals surface area contributed by atoms with Crippen LogP contribution in [0, 0.1) is 0 Å². The standard InChI is InChI=1S/C24H24N2O6S/c27-23-15-26(33(30,31)25-23)21-13-20-12-17(6-4-5-9-24(28)29)10-11-19(20)14-22(21)32-16-18-7-2-1-3-8-18/h1-3,7-8,10-14H,4-6,9,15-16H2,(H,25,27)(H,28,29). The molecule has 1 saturated heterocycles. The number of unbranched alkanes of at least 4 members (excludes halogenated alkanes) is 1. The topological polar surface area (TPSA) is 113 Å². The predicted octanol–water partition coefficient (Wildman–Crippen LogP) is 3.40. The number of fused-ring (bicyclic) bond motifs is 1. The number of rotatable bonds is 9. The quantitative estimate of drug-likeness (QED) is 0.466. The normalized spacial score (nSPS) is 14.9. The van der Waals surface area contributed by atoms with Crippen LogP contribution in [0.25, 0.3) is 10.8 Å². The predicted molar refractivity (Wildman–Crippen MR) is 124 cm³/mol. The largest absolute Gasteiger partial charge is 0.487 e. The Balaban J connectivity index is 1.66. The first kappa shape index (κ1) is 22.6. The fourth-order valence-corrected chi connectivity index (χ4v) is 4.93. The van der Waals surface area contributed by atoms with E-state index in [-0.39, 0.29) is 19.6 Å². The molecule has 0 radical (unpaired) electrons. The first-order valence-corrected chi connectivity index (χ1v) is 12.0. The number of amides is 1. The van der Waals surface area contributed by atoms with Crippen molar-refractivity contribution in [1.82, 2.24) is 4.72 Å². The van der Waals surface area contributed by atoms with E-state index < -0.39 is 22.1 Å². The smallest absolute Gasteiger partial charge is 0.326 e. The maximum Gasteiger partial charge on any atom is 0.326 e. The summed E-state index contributed by atoms with van der Waals surface area (Å²) in [6.07, 6.45) is 2.17. The number of nitrogens with zero attached hydrogens (tertiary/aromatic N) is 1. The SMILES string of the molecule is O=C(O)CCCCc1ccc2cc(OCc3ccccc3)c(N3CC(=O)NS3(=O)=O)cc2c1. The van der Waals surface area contributed by atoms with Gasteiger partial charge in [-0.1, -0.05) is 48.5 Å². The Hall–Kier alpha value is -3.59. The number of carbonyl (C=O) groups is 2. The molecule has 3 aromatic carbocycles. The van der Waals surface area contributed by atoms with Gasteiger partial charge >= 0.3 is 16.2 Å². The highest BCUT2D eigenvalue weighted by atomic mass is 32.2. The molecular weight excluding hydrogens is 444 g/mol. The second kappa shape index (κ2) is 9.50. The van der Waals surface area contributed by atoms with Crippen LogP contribution in [0.3, 0.4) is 0 Å². The van der Waals surface area contributed by atoms with Crippen molar-refractivity contribution < 1.29 is 27.9 Å². The lowest BCUT2D eigenvalue weighted by atomic mass is 10.0. The van der Waals surface area contributed by atoms with E-state index in [1.54, 1.807) is 12.1 Å². The van der Waals surface area contributed by atoms with Crippen LogP contribution in [0.15, 0.2) is 60.7 Å². The molecule has 3 aromatic rings. The van der Waals surface area contributed by atoms with Gasteiger partial charge in [0.25, 0.3) is 5.91 Å². The Morgan fingerprint density at radius 3 is 2.48 bits per heavy atom. The van der Waals surface area contributed by atoms with Crippen LogP contribution < -0.4 is 13.8 Å². The molecule has 1 aliphatic heterocycles. The van der Waals surface area contributed by atoms with Gasteiger partial charge in [-0.25, -0.2) is 9.03 Å². The zero-order valence-electron chi connectivity index (χ0n) is 17.9. The first-order valence-electron chi connectivity index (χ1n) is 10.6. The molecule has 0 atom stereocenters. The second-order valence-corrected chi connectivity index (χ2v) is 9.51. The van der Waals surface area contributed by atoms with Gasteiger partial charge in [-0.15, -0.1) is 0 Å². The fourth-order valence-electron chi connectivity index (χ4n) is 3.78. The molecule has 1 heterocycles. The molecule has 1 aliphatic rings. The summed E-state index contributed by atoms with van der Waals surface area (Å²) < 4.78 is 34.1. The van der Waals surface area contributed by atoms with E-state index >= 15 is 0 Å². The number of carboxylic acid groups (broad SMARTS) is 1. The first-order chi connectivity index (χ1) is 15.8. The van der Waals surface area contributed by atoms with Crippen LogP contribution in [0.2, 0.25) is 0 Å². The Bertz CT molecular complexity index is 1290. The van der Waals surface area contributed by atoms with E-state index in [2.05, 4.69) is 0 Å². The molecule has 9 heteroatoms. The van der Waals surface area contributed by atoms with Crippen LogP contribution in [-0.4, -0.2) is 31.9 Å². The van der Waals surface area contributed by atoms with Gasteiger partial charge in [-0.2, -0.15) is 8.42 Å². The molecule has 2 N–H and O–H groups in total. The van der Waals surface area contributed by atoms with Crippen LogP contribution >= 0.6 is 0 Å². The summed E-state index contributed by atoms with van der Waals surface area (Å²) >= 11 is 0. The van der Waals surface area contributed by atoms with Gasteiger partial charge in [0.15, 0.2) is 0 Å². The average molecular weight is 469 g/mol. The van der Waals surface area contributed by atoms with E-state index in [1.165, 1.54) is 0 Å². The minimum absolute atomic E-state index is 0.133. The molecular formula is C24H24N2O6S. The summed E-state index contributed by atoms with van der Waals surface area (Å²) in [5.41, 5.74) is 2.24. The minimum Gasteiger partial charge on any atom is -0.487 e. The van der Waals surface area contributed by atoms with Gasteiger partial charge in [0.1, 0.15) is 18.9 Å². The van der Waals surface area contributed by atoms with Gasteiger partial charge < -0.3 is 9.84 Å². The Labute approximate surface area is 192 Å². The van der Waals surface area contributed by atoms with Crippen molar-refractivity contribution in [3.05, 3.63) is 71.8 Å². The Morgan fingerprint density at radius 1 is 1.00 bits per heavy atom. The number of carbonyl (C=O) groups excluding carboxylic acids is 1. The maximum absolute atomic E-state index is 12.5. The zero-order valence-corrected chi connectivity index (χ0v) is 18.7. The third-order valence-electron chi connectivity index (χ3n) is 5.41. The number of benzene rings is 3. The van der Waals surface area contributed by atoms with Gasteiger partial charge in [0.2, 0.25) is 0 Å². The minimum atomic E-state index is -4.00. The highest BCUT2D eigenvalue weighted by Gasteiger charge is 2.36. The second-order valence-electron chi connectivity index (χ2n) is 7.91. The number of aliphatic carboxylic acids is 1. The lowest BCUT2D eigenvalue weighted by Gasteiger charge is -2.20. The fraction of sp³-hybridized carbons (Fsp3) is 0.250. The van der Waals surface area contributed by atoms with E-state index in [1.807, 2.05) is 53.3 Å². The number of nitrogens with one attached hydrogen (secondary N) is 1. The molecule has 0 bridgehead atoms. The molecule has 1 amide bonds. The highest BCUT2D eigenvalue weighted by molar-refractivity contribution is 7.92. The molecule has 33 heavy (non-hydrogen) atoms. The molecule has 0 unspecified atom stereocenters. The Morgan fingerprint density at radius 2 is 1.79 bits per heavy atom. The number of carboxylic acids is 1. The molecule has 8 nitrogen and oxygen atoms in total. The zero-order chi connectivity index (χ0) is 23.4. The van der Waals surface area contributed by atoms with Gasteiger partial charge in [0.05, 0.1) is 5.69 Å². The average Bonchev–Trinajstić information content (AvgIpc) is 3.06. The summed E-state index contributed by atoms with van der Waals surface area (Å²) in [7, 11) is -4.00. The number of ether oxygens (including phenoxy) is 1. The number of hydrogen-bond donors (Lipinski definition) is 2. The van der Waals surface area contributed by atoms with E-state index in [4.69, 9.17) is 9.84 Å². The highest BCUT2D eigenvalue weighted by Crippen LogP contribution is 2.36. The van der Waals surface area contributed by atoms with Gasteiger partial charge in [0, 0.05) is 6.42 Å². The van der Waals surface area contributed by atoms with Crippen molar-refractivity contribution in [3.8, 4) is 5.75 Å². The molecule has 1 fully saturated rings. The maximum atomic E-state index is 12.5. The molecule has 172 valence electrons. The van der Waals surface area contributed by atoms with Crippen LogP contribution in [0.1, 0.15) is 30.4 Å². The lowest BCUT2D eigenvalue weighted by molar-refractivity contribution is -0.137. The number of anilines is 1. The van der Waals surface area contributed by atoms with E-state index in [0.29, 0.717) is 24.3 Å². The van der Waals surface area contributed by atoms with E-state index in [9.17, 15) is 18.0 Å². The van der Waals surface area contributed by atoms with Crippen LogP contribution in [0.5, 0.6) is 5.75 Å². The van der Waals surface area contributed by atoms with Crippen molar-refractivity contribution in [1.29, 1.82) is 0 Å². The molecule has 0 spiro atoms. The van der Waals surface area contributed by atoms with Crippen molar-refractivity contribution in [2.24, 2.45) is 0 Å². The van der Waals surface area contributed by atoms with Crippen molar-refractivity contribution in [3.63, 3.8) is 0 Å². The van der Waals surface area contributed by atoms with Crippen LogP contribution in [-0.2, 0) is 32.8 Å². The van der Waals surface area contributed by atoms with Crippen molar-refractivity contribution >= 4 is 38.5 Å². The summed E-state index contributed by atoms with van der Waals surface area (Å²) in [6, 6.07) is 18.9. The third-order valence-corrected chi connectivity index (χ3v) is 6.81. The van der Waals surface area contributed by atoms with E-state index in [0.717, 1.165) is 32.6 Å². The van der Waals surface area contributed by atoms with Crippen LogP contribution in [0.4, 0.5) is 5.69 Å². The molecule has 0 aromatic heterocycles. The Kier molecular flexibility index (Phi) is 6.50. The molecule has 4 rings (SSSR count). The molecule has 0 aliphatic carbocycles. The van der Waals surface area contributed by atoms with Crippen molar-refractivity contribution in [2.75, 3.05) is 10.8 Å². The molecule has 0 saturated carbocycles. The summed E-state index contributed by atoms with van der Waals surface area (Å²) in [4.78, 5) is 22.5. The third kappa shape index (κ3) is 5.43. The van der Waals surface area contributed by atoms with Gasteiger partial charge in [-0.3, -0.25) is 9.59 Å².